The fourth-order valence-corrected chi connectivity index (χ4v) is 3.80. The van der Waals surface area contributed by atoms with E-state index in [0.717, 1.165) is 60.6 Å². The summed E-state index contributed by atoms with van der Waals surface area (Å²) in [5, 5.41) is 11.6. The van der Waals surface area contributed by atoms with Crippen LogP contribution in [0, 0.1) is 13.8 Å². The predicted molar refractivity (Wildman–Crippen MR) is 101 cm³/mol. The highest BCUT2D eigenvalue weighted by molar-refractivity contribution is 5.94. The molecular formula is C20H22N6O2. The van der Waals surface area contributed by atoms with Gasteiger partial charge in [0.05, 0.1) is 46.8 Å². The van der Waals surface area contributed by atoms with Crippen molar-refractivity contribution in [2.24, 2.45) is 0 Å². The van der Waals surface area contributed by atoms with Gasteiger partial charge in [-0.15, -0.1) is 0 Å². The van der Waals surface area contributed by atoms with Gasteiger partial charge in [-0.25, -0.2) is 4.98 Å². The Labute approximate surface area is 163 Å². The Balaban J connectivity index is 1.46. The van der Waals surface area contributed by atoms with Crippen molar-refractivity contribution in [1.82, 2.24) is 30.2 Å². The molecule has 0 spiro atoms. The highest BCUT2D eigenvalue weighted by Gasteiger charge is 2.29. The average Bonchev–Trinajstić information content (AvgIpc) is 3.33. The normalized spacial score (nSPS) is 16.5. The summed E-state index contributed by atoms with van der Waals surface area (Å²) in [6, 6.07) is 1.91. The first-order valence-electron chi connectivity index (χ1n) is 9.45. The zero-order valence-electron chi connectivity index (χ0n) is 16.0. The summed E-state index contributed by atoms with van der Waals surface area (Å²) >= 11 is 0. The molecule has 8 nitrogen and oxygen atoms in total. The largest absolute Gasteiger partial charge is 0.361 e. The van der Waals surface area contributed by atoms with E-state index in [1.54, 1.807) is 24.7 Å². The van der Waals surface area contributed by atoms with E-state index in [0.29, 0.717) is 5.56 Å². The first kappa shape index (κ1) is 18.2. The number of nitrogens with zero attached hydrogens (tertiary/aromatic N) is 6. The molecule has 4 heterocycles. The molecule has 0 radical (unpaired) electrons. The smallest absolute Gasteiger partial charge is 0.255 e. The zero-order valence-corrected chi connectivity index (χ0v) is 16.0. The van der Waals surface area contributed by atoms with Gasteiger partial charge in [0.1, 0.15) is 5.76 Å². The van der Waals surface area contributed by atoms with Gasteiger partial charge in [0.15, 0.2) is 0 Å². The first-order chi connectivity index (χ1) is 13.6. The van der Waals surface area contributed by atoms with Crippen molar-refractivity contribution in [2.45, 2.75) is 45.6 Å². The molecule has 3 aromatic rings. The maximum atomic E-state index is 12.8. The van der Waals surface area contributed by atoms with Crippen LogP contribution in [0.3, 0.4) is 0 Å². The second kappa shape index (κ2) is 7.84. The Hall–Kier alpha value is -3.16. The molecule has 1 unspecified atom stereocenters. The van der Waals surface area contributed by atoms with Crippen LogP contribution in [0.5, 0.6) is 0 Å². The summed E-state index contributed by atoms with van der Waals surface area (Å²) in [6.45, 7) is 4.55. The number of likely N-dealkylation sites (tertiary alicyclic amines) is 1. The van der Waals surface area contributed by atoms with Crippen LogP contribution in [0.25, 0.3) is 11.3 Å². The number of aryl methyl sites for hydroxylation is 3. The van der Waals surface area contributed by atoms with Crippen LogP contribution in [0.2, 0.25) is 0 Å². The second-order valence-electron chi connectivity index (χ2n) is 7.06. The fourth-order valence-electron chi connectivity index (χ4n) is 3.80. The van der Waals surface area contributed by atoms with Crippen molar-refractivity contribution in [3.05, 3.63) is 53.6 Å². The maximum absolute atomic E-state index is 12.8. The number of hydrogen-bond donors (Lipinski definition) is 0. The number of rotatable bonds is 5. The number of aromatic nitrogens is 5. The highest BCUT2D eigenvalue weighted by atomic mass is 16.5. The van der Waals surface area contributed by atoms with Crippen LogP contribution in [0.4, 0.5) is 0 Å². The molecule has 0 N–H and O–H groups in total. The summed E-state index contributed by atoms with van der Waals surface area (Å²) in [5.41, 5.74) is 3.97. The third kappa shape index (κ3) is 3.62. The Morgan fingerprint density at radius 1 is 1.25 bits per heavy atom. The minimum absolute atomic E-state index is 0.0213. The van der Waals surface area contributed by atoms with E-state index in [1.807, 2.05) is 18.7 Å². The van der Waals surface area contributed by atoms with E-state index in [1.165, 1.54) is 6.20 Å². The number of carbonyl (C=O) groups is 1. The molecule has 28 heavy (non-hydrogen) atoms. The van der Waals surface area contributed by atoms with Crippen molar-refractivity contribution >= 4 is 5.91 Å². The van der Waals surface area contributed by atoms with Crippen molar-refractivity contribution in [1.29, 1.82) is 0 Å². The lowest BCUT2D eigenvalue weighted by Gasteiger charge is -2.24. The van der Waals surface area contributed by atoms with Gasteiger partial charge in [0.2, 0.25) is 0 Å². The number of carbonyl (C=O) groups excluding carboxylic acids is 1. The van der Waals surface area contributed by atoms with Crippen LogP contribution in [-0.2, 0) is 6.42 Å². The minimum atomic E-state index is 0.0213. The van der Waals surface area contributed by atoms with Gasteiger partial charge in [-0.3, -0.25) is 9.78 Å². The van der Waals surface area contributed by atoms with Crippen molar-refractivity contribution in [2.75, 3.05) is 6.54 Å². The standard InChI is InChI=1S/C20H22N6O2/c1-13-19(14(2)28-25-13)18-12-21-11-16(24-18)5-6-17-4-3-9-26(17)20(27)15-7-8-22-23-10-15/h7-8,10-12,17H,3-6,9H2,1-2H3. The van der Waals surface area contributed by atoms with Gasteiger partial charge in [-0.1, -0.05) is 5.16 Å². The van der Waals surface area contributed by atoms with Crippen LogP contribution in [0.1, 0.15) is 46.8 Å². The topological polar surface area (TPSA) is 97.9 Å². The quantitative estimate of drug-likeness (QED) is 0.673. The summed E-state index contributed by atoms with van der Waals surface area (Å²) < 4.78 is 5.24. The molecule has 144 valence electrons. The molecule has 1 saturated heterocycles. The lowest BCUT2D eigenvalue weighted by Crippen LogP contribution is -2.36. The molecule has 0 bridgehead atoms. The molecule has 3 aromatic heterocycles. The monoisotopic (exact) mass is 378 g/mol. The summed E-state index contributed by atoms with van der Waals surface area (Å²) in [5.74, 6) is 0.760. The third-order valence-electron chi connectivity index (χ3n) is 5.18. The Bertz CT molecular complexity index is 952. The lowest BCUT2D eigenvalue weighted by molar-refractivity contribution is 0.0730. The van der Waals surface area contributed by atoms with Crippen LogP contribution in [0.15, 0.2) is 35.4 Å². The molecule has 4 rings (SSSR count). The van der Waals surface area contributed by atoms with E-state index in [-0.39, 0.29) is 11.9 Å². The van der Waals surface area contributed by atoms with Gasteiger partial charge in [-0.2, -0.15) is 10.2 Å². The maximum Gasteiger partial charge on any atom is 0.255 e. The molecule has 0 saturated carbocycles. The van der Waals surface area contributed by atoms with Crippen molar-refractivity contribution in [3.63, 3.8) is 0 Å². The molecule has 1 aliphatic heterocycles. The first-order valence-corrected chi connectivity index (χ1v) is 9.45. The van der Waals surface area contributed by atoms with Crippen LogP contribution >= 0.6 is 0 Å². The van der Waals surface area contributed by atoms with Crippen LogP contribution < -0.4 is 0 Å². The molecule has 1 atom stereocenters. The molecule has 1 aliphatic rings. The van der Waals surface area contributed by atoms with Gasteiger partial charge >= 0.3 is 0 Å². The van der Waals surface area contributed by atoms with E-state index in [4.69, 9.17) is 9.51 Å². The van der Waals surface area contributed by atoms with Crippen LogP contribution in [-0.4, -0.2) is 48.7 Å². The average molecular weight is 378 g/mol. The van der Waals surface area contributed by atoms with E-state index in [2.05, 4.69) is 20.3 Å². The van der Waals surface area contributed by atoms with Gasteiger partial charge < -0.3 is 9.42 Å². The SMILES string of the molecule is Cc1noc(C)c1-c1cncc(CCC2CCCN2C(=O)c2ccnnc2)n1. The molecule has 8 heteroatoms. The molecular weight excluding hydrogens is 356 g/mol. The summed E-state index contributed by atoms with van der Waals surface area (Å²) in [4.78, 5) is 23.8. The van der Waals surface area contributed by atoms with Gasteiger partial charge in [0, 0.05) is 18.8 Å². The van der Waals surface area contributed by atoms with E-state index in [9.17, 15) is 4.79 Å². The fraction of sp³-hybridized carbons (Fsp3) is 0.400. The molecule has 0 aromatic carbocycles. The number of amides is 1. The lowest BCUT2D eigenvalue weighted by atomic mass is 10.1. The molecule has 1 amide bonds. The second-order valence-corrected chi connectivity index (χ2v) is 7.06. The number of hydrogen-bond acceptors (Lipinski definition) is 7. The van der Waals surface area contributed by atoms with Gasteiger partial charge in [-0.05, 0) is 45.6 Å². The highest BCUT2D eigenvalue weighted by Crippen LogP contribution is 2.26. The molecule has 1 fully saturated rings. The van der Waals surface area contributed by atoms with E-state index >= 15 is 0 Å². The Morgan fingerprint density at radius 3 is 2.89 bits per heavy atom. The predicted octanol–water partition coefficient (Wildman–Crippen LogP) is 2.78. The Kier molecular flexibility index (Phi) is 5.10. The summed E-state index contributed by atoms with van der Waals surface area (Å²) in [6.07, 6.45) is 10.2. The van der Waals surface area contributed by atoms with Gasteiger partial charge in [0.25, 0.3) is 5.91 Å². The van der Waals surface area contributed by atoms with E-state index < -0.39 is 0 Å². The zero-order chi connectivity index (χ0) is 19.5. The third-order valence-corrected chi connectivity index (χ3v) is 5.18. The Morgan fingerprint density at radius 2 is 2.14 bits per heavy atom. The van der Waals surface area contributed by atoms with Crippen molar-refractivity contribution in [3.8, 4) is 11.3 Å². The molecule has 0 aliphatic carbocycles. The van der Waals surface area contributed by atoms with Crippen molar-refractivity contribution < 1.29 is 9.32 Å². The summed E-state index contributed by atoms with van der Waals surface area (Å²) in [7, 11) is 0. The minimum Gasteiger partial charge on any atom is -0.361 e.